The van der Waals surface area contributed by atoms with Gasteiger partial charge in [0.15, 0.2) is 0 Å². The maximum absolute atomic E-state index is 8.39. The Hall–Kier alpha value is -2.22. The van der Waals surface area contributed by atoms with Crippen molar-refractivity contribution in [3.8, 4) is 0 Å². The highest BCUT2D eigenvalue weighted by Gasteiger charge is 2.19. The topological polar surface area (TPSA) is 93.0 Å². The van der Waals surface area contributed by atoms with Crippen molar-refractivity contribution in [2.75, 3.05) is 32.1 Å². The fraction of sp³-hybridized carbons (Fsp3) is 0.412. The van der Waals surface area contributed by atoms with E-state index in [-0.39, 0.29) is 6.61 Å². The molecule has 0 atom stereocenters. The third-order valence-electron chi connectivity index (χ3n) is 4.26. The average molecular weight is 331 g/mol. The van der Waals surface area contributed by atoms with Crippen molar-refractivity contribution in [3.63, 3.8) is 0 Å². The van der Waals surface area contributed by atoms with Gasteiger partial charge in [-0.1, -0.05) is 18.7 Å². The quantitative estimate of drug-likeness (QED) is 0.334. The van der Waals surface area contributed by atoms with Crippen LogP contribution in [0.3, 0.4) is 0 Å². The monoisotopic (exact) mass is 331 g/mol. The van der Waals surface area contributed by atoms with Gasteiger partial charge in [-0.3, -0.25) is 5.26 Å². The van der Waals surface area contributed by atoms with E-state index in [0.29, 0.717) is 11.7 Å². The maximum Gasteiger partial charge on any atom is 0.127 e. The van der Waals surface area contributed by atoms with Crippen LogP contribution in [0, 0.1) is 5.53 Å². The van der Waals surface area contributed by atoms with E-state index in [1.807, 2.05) is 31.3 Å². The second-order valence-electron chi connectivity index (χ2n) is 5.74. The molecule has 0 aromatic heterocycles. The number of hydrogen-bond acceptors (Lipinski definition) is 7. The summed E-state index contributed by atoms with van der Waals surface area (Å²) in [7, 11) is 2.02. The van der Waals surface area contributed by atoms with Gasteiger partial charge in [-0.05, 0) is 37.6 Å². The lowest BCUT2D eigenvalue weighted by Crippen LogP contribution is -2.40. The Balaban J connectivity index is 1.94. The van der Waals surface area contributed by atoms with Crippen LogP contribution in [0.25, 0.3) is 5.70 Å². The van der Waals surface area contributed by atoms with Crippen LogP contribution < -0.4 is 10.6 Å². The second-order valence-corrected chi connectivity index (χ2v) is 5.74. The number of rotatable bonds is 8. The highest BCUT2D eigenvalue weighted by Crippen LogP contribution is 2.23. The van der Waals surface area contributed by atoms with E-state index in [1.165, 1.54) is 6.20 Å². The van der Waals surface area contributed by atoms with E-state index in [9.17, 15) is 0 Å². The van der Waals surface area contributed by atoms with Crippen molar-refractivity contribution in [2.45, 2.75) is 18.9 Å². The van der Waals surface area contributed by atoms with Crippen LogP contribution in [0.15, 0.2) is 47.9 Å². The molecule has 1 heterocycles. The van der Waals surface area contributed by atoms with E-state index in [4.69, 9.17) is 10.8 Å². The molecule has 1 aromatic carbocycles. The Bertz CT molecular complexity index is 577. The molecule has 4 N–H and O–H groups in total. The maximum atomic E-state index is 8.39. The van der Waals surface area contributed by atoms with Crippen molar-refractivity contribution in [1.82, 2.24) is 10.2 Å². The minimum absolute atomic E-state index is 0.131. The molecule has 0 spiro atoms. The van der Waals surface area contributed by atoms with Gasteiger partial charge in [-0.2, -0.15) is 5.11 Å². The van der Waals surface area contributed by atoms with Crippen LogP contribution in [0.1, 0.15) is 18.4 Å². The molecule has 0 aliphatic carbocycles. The molecule has 24 heavy (non-hydrogen) atoms. The third-order valence-corrected chi connectivity index (χ3v) is 4.26. The summed E-state index contributed by atoms with van der Waals surface area (Å²) >= 11 is 0. The van der Waals surface area contributed by atoms with Crippen LogP contribution in [-0.4, -0.2) is 42.9 Å². The molecule has 2 rings (SSSR count). The fourth-order valence-electron chi connectivity index (χ4n) is 2.72. The zero-order chi connectivity index (χ0) is 17.4. The highest BCUT2D eigenvalue weighted by atomic mass is 17.1. The molecule has 7 heteroatoms. The summed E-state index contributed by atoms with van der Waals surface area (Å²) in [6, 6.07) is 8.52. The van der Waals surface area contributed by atoms with Gasteiger partial charge in [0.2, 0.25) is 0 Å². The first-order chi connectivity index (χ1) is 11.7. The summed E-state index contributed by atoms with van der Waals surface area (Å²) in [5, 5.41) is 18.0. The lowest BCUT2D eigenvalue weighted by Gasteiger charge is -2.34. The van der Waals surface area contributed by atoms with Crippen LogP contribution >= 0.6 is 0 Å². The fourth-order valence-corrected chi connectivity index (χ4v) is 2.72. The number of piperidine rings is 1. The van der Waals surface area contributed by atoms with Crippen LogP contribution in [-0.2, 0) is 4.89 Å². The Kier molecular flexibility index (Phi) is 6.92. The third kappa shape index (κ3) is 4.89. The van der Waals surface area contributed by atoms with E-state index >= 15 is 0 Å². The molecule has 1 aromatic rings. The zero-order valence-corrected chi connectivity index (χ0v) is 14.0. The number of hydrogen-bond donors (Lipinski definition) is 4. The molecular formula is C17H25N5O2. The molecule has 130 valence electrons. The molecule has 1 aliphatic rings. The first kappa shape index (κ1) is 18.1. The van der Waals surface area contributed by atoms with Gasteiger partial charge in [-0.15, -0.1) is 0 Å². The molecular weight excluding hydrogens is 306 g/mol. The number of nitrogens with zero attached hydrogens (tertiary/aromatic N) is 2. The largest absolute Gasteiger partial charge is 0.371 e. The Labute approximate surface area is 142 Å². The van der Waals surface area contributed by atoms with Crippen LogP contribution in [0.5, 0.6) is 0 Å². The normalized spacial score (nSPS) is 16.1. The number of nitrogens with one attached hydrogen (secondary N) is 3. The predicted octanol–water partition coefficient (Wildman–Crippen LogP) is 3.11. The first-order valence-electron chi connectivity index (χ1n) is 7.99. The van der Waals surface area contributed by atoms with Crippen molar-refractivity contribution >= 4 is 11.4 Å². The number of likely N-dealkylation sites (tertiary alicyclic amines) is 1. The van der Waals surface area contributed by atoms with Gasteiger partial charge in [-0.25, -0.2) is 10.4 Å². The molecule has 1 saturated heterocycles. The lowest BCUT2D eigenvalue weighted by atomic mass is 10.0. The Morgan fingerprint density at radius 2 is 2.08 bits per heavy atom. The van der Waals surface area contributed by atoms with E-state index < -0.39 is 0 Å². The van der Waals surface area contributed by atoms with Crippen molar-refractivity contribution in [3.05, 3.63) is 48.3 Å². The summed E-state index contributed by atoms with van der Waals surface area (Å²) in [5.41, 5.74) is 10.3. The summed E-state index contributed by atoms with van der Waals surface area (Å²) < 4.78 is 0. The van der Waals surface area contributed by atoms with Gasteiger partial charge in [0.25, 0.3) is 0 Å². The standard InChI is InChI=1S/C17H25N5O2/c1-13(22-9-7-15(19-2)8-10-22)14-3-5-16(6-4-14)20-11-17(21-18)12-24-23/h3-6,11,15,18-20,23H,1,7-10,12H2,2H3/b17-11-,21-18?. The lowest BCUT2D eigenvalue weighted by molar-refractivity contribution is -0.234. The Morgan fingerprint density at radius 3 is 2.62 bits per heavy atom. The molecule has 0 saturated carbocycles. The summed E-state index contributed by atoms with van der Waals surface area (Å²) in [5.74, 6) is 0. The van der Waals surface area contributed by atoms with Crippen molar-refractivity contribution in [2.24, 2.45) is 5.11 Å². The molecule has 0 radical (unpaired) electrons. The zero-order valence-electron chi connectivity index (χ0n) is 14.0. The smallest absolute Gasteiger partial charge is 0.127 e. The first-order valence-corrected chi connectivity index (χ1v) is 7.99. The van der Waals surface area contributed by atoms with E-state index in [1.54, 1.807) is 0 Å². The van der Waals surface area contributed by atoms with Crippen LogP contribution in [0.4, 0.5) is 5.69 Å². The van der Waals surface area contributed by atoms with Gasteiger partial charge < -0.3 is 15.5 Å². The number of anilines is 1. The van der Waals surface area contributed by atoms with Crippen LogP contribution in [0.2, 0.25) is 0 Å². The molecule has 0 unspecified atom stereocenters. The SMILES string of the molecule is C=C(c1ccc(N/C=C(/COO)N=N)cc1)N1CCC(NC)CC1. The molecule has 7 nitrogen and oxygen atoms in total. The Morgan fingerprint density at radius 1 is 1.42 bits per heavy atom. The second kappa shape index (κ2) is 9.17. The van der Waals surface area contributed by atoms with Gasteiger partial charge >= 0.3 is 0 Å². The average Bonchev–Trinajstić information content (AvgIpc) is 2.65. The van der Waals surface area contributed by atoms with Gasteiger partial charge in [0.1, 0.15) is 12.3 Å². The van der Waals surface area contributed by atoms with Crippen molar-refractivity contribution < 1.29 is 10.1 Å². The summed E-state index contributed by atoms with van der Waals surface area (Å²) in [6.07, 6.45) is 3.79. The van der Waals surface area contributed by atoms with E-state index in [2.05, 4.69) is 32.1 Å². The highest BCUT2D eigenvalue weighted by molar-refractivity contribution is 5.64. The van der Waals surface area contributed by atoms with E-state index in [0.717, 1.165) is 42.9 Å². The summed E-state index contributed by atoms with van der Waals surface area (Å²) in [4.78, 5) is 6.30. The molecule has 0 amide bonds. The van der Waals surface area contributed by atoms with Crippen molar-refractivity contribution in [1.29, 1.82) is 5.53 Å². The predicted molar refractivity (Wildman–Crippen MR) is 94.6 cm³/mol. The molecule has 1 fully saturated rings. The van der Waals surface area contributed by atoms with Gasteiger partial charge in [0.05, 0.1) is 0 Å². The minimum atomic E-state index is -0.131. The molecule has 1 aliphatic heterocycles. The minimum Gasteiger partial charge on any atom is -0.371 e. The number of benzene rings is 1. The summed E-state index contributed by atoms with van der Waals surface area (Å²) in [6.45, 7) is 6.13. The van der Waals surface area contributed by atoms with Gasteiger partial charge in [0, 0.05) is 36.7 Å². The molecule has 0 bridgehead atoms.